The molecule has 6 nitrogen and oxygen atoms in total. The summed E-state index contributed by atoms with van der Waals surface area (Å²) in [5, 5.41) is 11.3. The van der Waals surface area contributed by atoms with Crippen molar-refractivity contribution in [1.82, 2.24) is 4.98 Å². The maximum Gasteiger partial charge on any atom is 0.300 e. The fraction of sp³-hybridized carbons (Fsp3) is 0.222. The Morgan fingerprint density at radius 2 is 1.79 bits per heavy atom. The van der Waals surface area contributed by atoms with Crippen LogP contribution in [0.3, 0.4) is 0 Å². The quantitative estimate of drug-likeness (QED) is 0.328. The minimum Gasteiger partial charge on any atom is -0.507 e. The van der Waals surface area contributed by atoms with Gasteiger partial charge in [-0.2, -0.15) is 0 Å². The lowest BCUT2D eigenvalue weighted by molar-refractivity contribution is -0.132. The number of hydrogen-bond acceptors (Lipinski definition) is 5. The fourth-order valence-corrected chi connectivity index (χ4v) is 3.89. The number of carbonyl (C=O) groups excluding carboxylic acids is 2. The second-order valence-electron chi connectivity index (χ2n) is 8.52. The van der Waals surface area contributed by atoms with Crippen LogP contribution < -0.4 is 9.64 Å². The molecule has 1 saturated heterocycles. The third-order valence-electron chi connectivity index (χ3n) is 5.44. The number of aliphatic hydroxyl groups is 1. The molecule has 1 atom stereocenters. The highest BCUT2D eigenvalue weighted by molar-refractivity contribution is 6.51. The summed E-state index contributed by atoms with van der Waals surface area (Å²) >= 11 is 0. The zero-order valence-corrected chi connectivity index (χ0v) is 18.9. The lowest BCUT2D eigenvalue weighted by Crippen LogP contribution is -2.29. The van der Waals surface area contributed by atoms with Crippen LogP contribution in [0.15, 0.2) is 78.6 Å². The van der Waals surface area contributed by atoms with E-state index in [1.165, 1.54) is 4.90 Å². The predicted molar refractivity (Wildman–Crippen MR) is 127 cm³/mol. The first-order valence-corrected chi connectivity index (χ1v) is 10.9. The van der Waals surface area contributed by atoms with Crippen LogP contribution >= 0.6 is 0 Å². The third kappa shape index (κ3) is 4.51. The van der Waals surface area contributed by atoms with Gasteiger partial charge in [0.25, 0.3) is 11.7 Å². The lowest BCUT2D eigenvalue weighted by Gasteiger charge is -2.25. The van der Waals surface area contributed by atoms with Gasteiger partial charge in [-0.25, -0.2) is 0 Å². The number of aryl methyl sites for hydroxylation is 1. The number of amides is 1. The molecule has 0 aliphatic carbocycles. The smallest absolute Gasteiger partial charge is 0.300 e. The van der Waals surface area contributed by atoms with Crippen molar-refractivity contribution < 1.29 is 19.4 Å². The standard InChI is InChI=1S/C27H26N2O4/c1-17(2)16-33-22-9-5-7-20(15-22)25(30)23-24(19-10-12-28-13-11-19)29(27(32)26(23)31)21-8-4-6-18(3)14-21/h4-15,17,24,30H,16H2,1-3H3/b25-23+. The van der Waals surface area contributed by atoms with Crippen LogP contribution in [0.2, 0.25) is 0 Å². The first kappa shape index (κ1) is 22.3. The molecule has 1 aromatic heterocycles. The summed E-state index contributed by atoms with van der Waals surface area (Å²) < 4.78 is 5.78. The topological polar surface area (TPSA) is 79.7 Å². The average molecular weight is 443 g/mol. The average Bonchev–Trinajstić information content (AvgIpc) is 3.08. The van der Waals surface area contributed by atoms with Crippen molar-refractivity contribution in [3.63, 3.8) is 0 Å². The second kappa shape index (κ2) is 9.28. The van der Waals surface area contributed by atoms with Crippen molar-refractivity contribution in [3.05, 3.63) is 95.3 Å². The zero-order valence-electron chi connectivity index (χ0n) is 18.9. The summed E-state index contributed by atoms with van der Waals surface area (Å²) in [4.78, 5) is 31.9. The van der Waals surface area contributed by atoms with Crippen LogP contribution in [0.25, 0.3) is 5.76 Å². The number of pyridine rings is 1. The molecule has 0 radical (unpaired) electrons. The molecule has 6 heteroatoms. The minimum absolute atomic E-state index is 0.0358. The van der Waals surface area contributed by atoms with Crippen molar-refractivity contribution >= 4 is 23.1 Å². The Morgan fingerprint density at radius 1 is 1.06 bits per heavy atom. The maximum absolute atomic E-state index is 13.2. The van der Waals surface area contributed by atoms with E-state index in [-0.39, 0.29) is 11.3 Å². The van der Waals surface area contributed by atoms with Crippen LogP contribution in [-0.4, -0.2) is 28.4 Å². The van der Waals surface area contributed by atoms with Gasteiger partial charge in [-0.3, -0.25) is 19.5 Å². The van der Waals surface area contributed by atoms with Gasteiger partial charge >= 0.3 is 0 Å². The number of nitrogens with zero attached hydrogens (tertiary/aromatic N) is 2. The Bertz CT molecular complexity index is 1220. The van der Waals surface area contributed by atoms with Gasteiger partial charge < -0.3 is 9.84 Å². The van der Waals surface area contributed by atoms with Gasteiger partial charge in [-0.05, 0) is 60.4 Å². The molecule has 3 aromatic rings. The molecule has 1 N–H and O–H groups in total. The van der Waals surface area contributed by atoms with E-state index in [9.17, 15) is 14.7 Å². The van der Waals surface area contributed by atoms with Crippen LogP contribution in [-0.2, 0) is 9.59 Å². The molecule has 33 heavy (non-hydrogen) atoms. The van der Waals surface area contributed by atoms with Gasteiger partial charge in [0, 0.05) is 23.6 Å². The van der Waals surface area contributed by atoms with Gasteiger partial charge in [0.2, 0.25) is 0 Å². The van der Waals surface area contributed by atoms with Crippen molar-refractivity contribution in [3.8, 4) is 5.75 Å². The van der Waals surface area contributed by atoms with E-state index in [0.29, 0.717) is 35.1 Å². The van der Waals surface area contributed by atoms with Crippen LogP contribution in [0.1, 0.15) is 36.6 Å². The van der Waals surface area contributed by atoms with Gasteiger partial charge in [0.1, 0.15) is 11.5 Å². The number of rotatable bonds is 6. The van der Waals surface area contributed by atoms with E-state index >= 15 is 0 Å². The Morgan fingerprint density at radius 3 is 2.48 bits per heavy atom. The molecular formula is C27H26N2O4. The van der Waals surface area contributed by atoms with Gasteiger partial charge in [-0.1, -0.05) is 38.1 Å². The number of carbonyl (C=O) groups is 2. The summed E-state index contributed by atoms with van der Waals surface area (Å²) in [7, 11) is 0. The van der Waals surface area contributed by atoms with E-state index in [2.05, 4.69) is 4.98 Å². The fourth-order valence-electron chi connectivity index (χ4n) is 3.89. The number of Topliss-reactive ketones (excluding diaryl/α,β-unsaturated/α-hetero) is 1. The van der Waals surface area contributed by atoms with E-state index in [4.69, 9.17) is 4.74 Å². The van der Waals surface area contributed by atoms with E-state index in [1.54, 1.807) is 54.9 Å². The largest absolute Gasteiger partial charge is 0.507 e. The number of anilines is 1. The molecule has 168 valence electrons. The lowest BCUT2D eigenvalue weighted by atomic mass is 9.95. The van der Waals surface area contributed by atoms with Gasteiger partial charge in [0.15, 0.2) is 0 Å². The Labute approximate surface area is 193 Å². The van der Waals surface area contributed by atoms with E-state index in [0.717, 1.165) is 5.56 Å². The first-order valence-electron chi connectivity index (χ1n) is 10.9. The Hall–Kier alpha value is -3.93. The summed E-state index contributed by atoms with van der Waals surface area (Å²) in [6.07, 6.45) is 3.21. The Balaban J connectivity index is 1.85. The van der Waals surface area contributed by atoms with Gasteiger partial charge in [-0.15, -0.1) is 0 Å². The molecule has 4 rings (SSSR count). The number of hydrogen-bond donors (Lipinski definition) is 1. The second-order valence-corrected chi connectivity index (χ2v) is 8.52. The Kier molecular flexibility index (Phi) is 6.27. The van der Waals surface area contributed by atoms with Crippen molar-refractivity contribution in [2.24, 2.45) is 5.92 Å². The summed E-state index contributed by atoms with van der Waals surface area (Å²) in [5.74, 6) is -0.726. The highest BCUT2D eigenvalue weighted by atomic mass is 16.5. The summed E-state index contributed by atoms with van der Waals surface area (Å²) in [5.41, 5.74) is 2.68. The predicted octanol–water partition coefficient (Wildman–Crippen LogP) is 5.05. The van der Waals surface area contributed by atoms with E-state index < -0.39 is 17.7 Å². The monoisotopic (exact) mass is 442 g/mol. The molecular weight excluding hydrogens is 416 g/mol. The molecule has 2 aromatic carbocycles. The molecule has 0 spiro atoms. The number of benzene rings is 2. The third-order valence-corrected chi connectivity index (χ3v) is 5.44. The number of ketones is 1. The SMILES string of the molecule is Cc1cccc(N2C(=O)C(=O)/C(=C(/O)c3cccc(OCC(C)C)c3)C2c2ccncc2)c1. The van der Waals surface area contributed by atoms with E-state index in [1.807, 2.05) is 39.0 Å². The van der Waals surface area contributed by atoms with Crippen molar-refractivity contribution in [2.45, 2.75) is 26.8 Å². The van der Waals surface area contributed by atoms with Crippen LogP contribution in [0, 0.1) is 12.8 Å². The normalized spacial score (nSPS) is 17.6. The highest BCUT2D eigenvalue weighted by Crippen LogP contribution is 2.42. The summed E-state index contributed by atoms with van der Waals surface area (Å²) in [6.45, 7) is 6.54. The van der Waals surface area contributed by atoms with Crippen molar-refractivity contribution in [2.75, 3.05) is 11.5 Å². The molecule has 1 unspecified atom stereocenters. The summed E-state index contributed by atoms with van der Waals surface area (Å²) in [6, 6.07) is 17.0. The highest BCUT2D eigenvalue weighted by Gasteiger charge is 2.47. The van der Waals surface area contributed by atoms with Crippen LogP contribution in [0.4, 0.5) is 5.69 Å². The van der Waals surface area contributed by atoms with Crippen LogP contribution in [0.5, 0.6) is 5.75 Å². The number of aromatic nitrogens is 1. The molecule has 1 aliphatic heterocycles. The number of aliphatic hydroxyl groups excluding tert-OH is 1. The molecule has 1 aliphatic rings. The molecule has 2 heterocycles. The zero-order chi connectivity index (χ0) is 23.5. The minimum atomic E-state index is -0.782. The molecule has 0 saturated carbocycles. The first-order chi connectivity index (χ1) is 15.9. The molecule has 1 amide bonds. The molecule has 0 bridgehead atoms. The number of ether oxygens (including phenoxy) is 1. The maximum atomic E-state index is 13.2. The van der Waals surface area contributed by atoms with Gasteiger partial charge in [0.05, 0.1) is 18.2 Å². The molecule has 1 fully saturated rings. The van der Waals surface area contributed by atoms with Crippen molar-refractivity contribution in [1.29, 1.82) is 0 Å².